The van der Waals surface area contributed by atoms with Crippen LogP contribution in [0.3, 0.4) is 0 Å². The molecular formula is C26H22N6OS. The minimum Gasteiger partial charge on any atom is -0.325 e. The molecule has 0 spiro atoms. The molecule has 1 amide bonds. The van der Waals surface area contributed by atoms with E-state index in [9.17, 15) is 4.79 Å². The van der Waals surface area contributed by atoms with Gasteiger partial charge in [-0.3, -0.25) is 19.3 Å². The first-order valence-electron chi connectivity index (χ1n) is 10.8. The number of fused-ring (bicyclic) bond motifs is 1. The van der Waals surface area contributed by atoms with Crippen LogP contribution in [0.2, 0.25) is 0 Å². The van der Waals surface area contributed by atoms with E-state index in [1.165, 1.54) is 11.8 Å². The van der Waals surface area contributed by atoms with Crippen LogP contribution < -0.4 is 5.32 Å². The molecule has 3 aromatic heterocycles. The average molecular weight is 467 g/mol. The van der Waals surface area contributed by atoms with E-state index in [1.54, 1.807) is 12.4 Å². The summed E-state index contributed by atoms with van der Waals surface area (Å²) in [4.78, 5) is 21.5. The molecule has 168 valence electrons. The molecule has 0 atom stereocenters. The van der Waals surface area contributed by atoms with E-state index in [4.69, 9.17) is 0 Å². The first-order valence-corrected chi connectivity index (χ1v) is 11.8. The van der Waals surface area contributed by atoms with E-state index in [0.29, 0.717) is 11.0 Å². The number of rotatable bonds is 6. The van der Waals surface area contributed by atoms with E-state index in [-0.39, 0.29) is 11.7 Å². The molecule has 0 aliphatic heterocycles. The Bertz CT molecular complexity index is 1460. The lowest BCUT2D eigenvalue weighted by atomic mass is 10.1. The van der Waals surface area contributed by atoms with Gasteiger partial charge in [-0.25, -0.2) is 0 Å². The Morgan fingerprint density at radius 3 is 2.53 bits per heavy atom. The number of hydrogen-bond acceptors (Lipinski definition) is 6. The lowest BCUT2D eigenvalue weighted by Crippen LogP contribution is -2.15. The van der Waals surface area contributed by atoms with Gasteiger partial charge in [0.15, 0.2) is 11.0 Å². The second-order valence-electron chi connectivity index (χ2n) is 7.88. The molecule has 0 saturated carbocycles. The minimum atomic E-state index is -0.121. The second-order valence-corrected chi connectivity index (χ2v) is 8.82. The Morgan fingerprint density at radius 1 is 0.971 bits per heavy atom. The molecule has 1 N–H and O–H groups in total. The van der Waals surface area contributed by atoms with E-state index >= 15 is 0 Å². The third-order valence-electron chi connectivity index (χ3n) is 5.31. The van der Waals surface area contributed by atoms with Crippen LogP contribution in [-0.4, -0.2) is 36.4 Å². The van der Waals surface area contributed by atoms with E-state index < -0.39 is 0 Å². The number of thioether (sulfide) groups is 1. The predicted molar refractivity (Wildman–Crippen MR) is 135 cm³/mol. The van der Waals surface area contributed by atoms with Gasteiger partial charge in [0, 0.05) is 34.7 Å². The van der Waals surface area contributed by atoms with E-state index in [1.807, 2.05) is 85.1 Å². The van der Waals surface area contributed by atoms with Gasteiger partial charge in [0.1, 0.15) is 0 Å². The molecule has 0 fully saturated rings. The number of para-hydroxylation sites is 1. The number of benzene rings is 2. The molecule has 34 heavy (non-hydrogen) atoms. The van der Waals surface area contributed by atoms with Crippen LogP contribution in [0.25, 0.3) is 28.0 Å². The van der Waals surface area contributed by atoms with E-state index in [0.717, 1.165) is 39.1 Å². The molecule has 5 rings (SSSR count). The zero-order valence-electron chi connectivity index (χ0n) is 18.8. The highest BCUT2D eigenvalue weighted by Gasteiger charge is 2.18. The van der Waals surface area contributed by atoms with Crippen LogP contribution in [0.15, 0.2) is 84.3 Å². The van der Waals surface area contributed by atoms with Crippen molar-refractivity contribution in [2.45, 2.75) is 19.0 Å². The van der Waals surface area contributed by atoms with Crippen LogP contribution in [0, 0.1) is 13.8 Å². The van der Waals surface area contributed by atoms with Gasteiger partial charge in [0.2, 0.25) is 5.91 Å². The number of anilines is 1. The zero-order valence-corrected chi connectivity index (χ0v) is 19.6. The monoisotopic (exact) mass is 466 g/mol. The van der Waals surface area contributed by atoms with Gasteiger partial charge < -0.3 is 5.32 Å². The van der Waals surface area contributed by atoms with Crippen molar-refractivity contribution in [2.75, 3.05) is 11.1 Å². The fraction of sp³-hybridized carbons (Fsp3) is 0.115. The Kier molecular flexibility index (Phi) is 6.05. The quantitative estimate of drug-likeness (QED) is 0.345. The van der Waals surface area contributed by atoms with Gasteiger partial charge in [-0.1, -0.05) is 47.7 Å². The molecule has 7 nitrogen and oxygen atoms in total. The van der Waals surface area contributed by atoms with Gasteiger partial charge in [-0.15, -0.1) is 10.2 Å². The SMILES string of the molecule is Cc1ccc(-n2c(SCC(=O)Nc3cc(C)nc4ccccc34)nnc2-c2ccncc2)cc1. The molecule has 0 unspecified atom stereocenters. The van der Waals surface area contributed by atoms with Crippen molar-refractivity contribution in [1.29, 1.82) is 0 Å². The minimum absolute atomic E-state index is 0.121. The van der Waals surface area contributed by atoms with Gasteiger partial charge in [-0.2, -0.15) is 0 Å². The van der Waals surface area contributed by atoms with Crippen LogP contribution in [0.4, 0.5) is 5.69 Å². The van der Waals surface area contributed by atoms with Gasteiger partial charge in [0.25, 0.3) is 0 Å². The Morgan fingerprint density at radius 2 is 1.74 bits per heavy atom. The topological polar surface area (TPSA) is 85.6 Å². The summed E-state index contributed by atoms with van der Waals surface area (Å²) >= 11 is 1.34. The number of aromatic nitrogens is 5. The largest absolute Gasteiger partial charge is 0.325 e. The summed E-state index contributed by atoms with van der Waals surface area (Å²) < 4.78 is 1.97. The van der Waals surface area contributed by atoms with Crippen molar-refractivity contribution in [1.82, 2.24) is 24.7 Å². The maximum absolute atomic E-state index is 12.9. The molecule has 3 heterocycles. The molecule has 0 saturated heterocycles. The number of nitrogens with one attached hydrogen (secondary N) is 1. The highest BCUT2D eigenvalue weighted by atomic mass is 32.2. The number of nitrogens with zero attached hydrogens (tertiary/aromatic N) is 5. The molecule has 5 aromatic rings. The van der Waals surface area contributed by atoms with Crippen molar-refractivity contribution in [3.8, 4) is 17.1 Å². The maximum atomic E-state index is 12.9. The summed E-state index contributed by atoms with van der Waals surface area (Å²) in [6.07, 6.45) is 3.45. The summed E-state index contributed by atoms with van der Waals surface area (Å²) in [6.45, 7) is 3.96. The van der Waals surface area contributed by atoms with Crippen LogP contribution in [0.5, 0.6) is 0 Å². The second kappa shape index (κ2) is 9.44. The van der Waals surface area contributed by atoms with Crippen LogP contribution in [-0.2, 0) is 4.79 Å². The van der Waals surface area contributed by atoms with Gasteiger partial charge in [0.05, 0.1) is 17.0 Å². The standard InChI is InChI=1S/C26H22N6OS/c1-17-7-9-20(10-8-17)32-25(19-11-13-27-14-12-19)30-31-26(32)34-16-24(33)29-23-15-18(2)28-22-6-4-3-5-21(22)23/h3-15H,16H2,1-2H3,(H,28,29,33). The van der Waals surface area contributed by atoms with Crippen LogP contribution >= 0.6 is 11.8 Å². The van der Waals surface area contributed by atoms with Gasteiger partial charge >= 0.3 is 0 Å². The van der Waals surface area contributed by atoms with Crippen molar-refractivity contribution in [2.24, 2.45) is 0 Å². The molecule has 0 radical (unpaired) electrons. The van der Waals surface area contributed by atoms with Crippen LogP contribution in [0.1, 0.15) is 11.3 Å². The Balaban J connectivity index is 1.41. The highest BCUT2D eigenvalue weighted by Crippen LogP contribution is 2.28. The maximum Gasteiger partial charge on any atom is 0.234 e. The normalized spacial score (nSPS) is 11.0. The summed E-state index contributed by atoms with van der Waals surface area (Å²) in [7, 11) is 0. The smallest absolute Gasteiger partial charge is 0.234 e. The summed E-state index contributed by atoms with van der Waals surface area (Å²) in [5.41, 5.74) is 5.45. The molecule has 0 bridgehead atoms. The lowest BCUT2D eigenvalue weighted by Gasteiger charge is -2.12. The summed E-state index contributed by atoms with van der Waals surface area (Å²) in [5.74, 6) is 0.769. The Labute approximate surface area is 201 Å². The van der Waals surface area contributed by atoms with Crippen molar-refractivity contribution >= 4 is 34.3 Å². The van der Waals surface area contributed by atoms with Crippen molar-refractivity contribution < 1.29 is 4.79 Å². The van der Waals surface area contributed by atoms with E-state index in [2.05, 4.69) is 25.5 Å². The molecule has 8 heteroatoms. The predicted octanol–water partition coefficient (Wildman–Crippen LogP) is 5.23. The molecule has 0 aliphatic carbocycles. The zero-order chi connectivity index (χ0) is 23.5. The highest BCUT2D eigenvalue weighted by molar-refractivity contribution is 7.99. The number of pyridine rings is 2. The fourth-order valence-corrected chi connectivity index (χ4v) is 4.46. The molecular weight excluding hydrogens is 444 g/mol. The molecule has 0 aliphatic rings. The number of hydrogen-bond donors (Lipinski definition) is 1. The summed E-state index contributed by atoms with van der Waals surface area (Å²) in [5, 5.41) is 13.4. The lowest BCUT2D eigenvalue weighted by molar-refractivity contribution is -0.113. The summed E-state index contributed by atoms with van der Waals surface area (Å²) in [6, 6.07) is 21.6. The number of amides is 1. The first kappa shape index (κ1) is 21.8. The van der Waals surface area contributed by atoms with Crippen molar-refractivity contribution in [3.63, 3.8) is 0 Å². The third-order valence-corrected chi connectivity index (χ3v) is 6.24. The fourth-order valence-electron chi connectivity index (χ4n) is 3.71. The first-order chi connectivity index (χ1) is 16.6. The number of carbonyl (C=O) groups excluding carboxylic acids is 1. The number of aryl methyl sites for hydroxylation is 2. The Hall–Kier alpha value is -4.04. The average Bonchev–Trinajstić information content (AvgIpc) is 3.28. The van der Waals surface area contributed by atoms with Gasteiger partial charge in [-0.05, 0) is 50.2 Å². The third kappa shape index (κ3) is 4.53. The number of carbonyl (C=O) groups is 1. The molecule has 2 aromatic carbocycles. The van der Waals surface area contributed by atoms with Crippen molar-refractivity contribution in [3.05, 3.63) is 90.4 Å².